The predicted octanol–water partition coefficient (Wildman–Crippen LogP) is 3.77. The molecule has 0 bridgehead atoms. The first-order valence-electron chi connectivity index (χ1n) is 9.57. The van der Waals surface area contributed by atoms with Crippen molar-refractivity contribution in [2.45, 2.75) is 32.5 Å². The van der Waals surface area contributed by atoms with E-state index in [1.54, 1.807) is 13.1 Å². The molecule has 156 valence electrons. The summed E-state index contributed by atoms with van der Waals surface area (Å²) in [5, 5.41) is 3.38. The number of carbonyl (C=O) groups is 1. The molecular formula is C22H28FIN4O. The lowest BCUT2D eigenvalue weighted by atomic mass is 10.1. The Balaban J connectivity index is 0.00000300. The highest BCUT2D eigenvalue weighted by atomic mass is 127. The van der Waals surface area contributed by atoms with Crippen molar-refractivity contribution in [3.05, 3.63) is 71.0 Å². The molecule has 0 aromatic heterocycles. The highest BCUT2D eigenvalue weighted by molar-refractivity contribution is 14.0. The van der Waals surface area contributed by atoms with Crippen molar-refractivity contribution in [1.82, 2.24) is 15.1 Å². The van der Waals surface area contributed by atoms with Crippen LogP contribution in [0.1, 0.15) is 29.5 Å². The summed E-state index contributed by atoms with van der Waals surface area (Å²) in [6, 6.07) is 14.7. The number of guanidine groups is 1. The molecule has 2 aromatic carbocycles. The number of rotatable bonds is 6. The number of aliphatic imine (C=N–C) groups is 1. The zero-order valence-electron chi connectivity index (χ0n) is 16.9. The monoisotopic (exact) mass is 510 g/mol. The van der Waals surface area contributed by atoms with E-state index in [4.69, 9.17) is 0 Å². The van der Waals surface area contributed by atoms with E-state index in [2.05, 4.69) is 22.4 Å². The maximum Gasteiger partial charge on any atom is 0.222 e. The Kier molecular flexibility index (Phi) is 8.88. The van der Waals surface area contributed by atoms with Crippen LogP contribution < -0.4 is 5.32 Å². The SMILES string of the molecule is CN=C(NCc1ccccc1CN1CCCC1=O)N(C)Cc1cccc(F)c1.I. The summed E-state index contributed by atoms with van der Waals surface area (Å²) in [4.78, 5) is 20.2. The molecule has 1 aliphatic rings. The van der Waals surface area contributed by atoms with Gasteiger partial charge < -0.3 is 15.1 Å². The van der Waals surface area contributed by atoms with Crippen molar-refractivity contribution in [2.24, 2.45) is 4.99 Å². The number of hydrogen-bond acceptors (Lipinski definition) is 2. The fourth-order valence-corrected chi connectivity index (χ4v) is 3.50. The number of halogens is 2. The van der Waals surface area contributed by atoms with Crippen molar-refractivity contribution in [3.63, 3.8) is 0 Å². The average molecular weight is 510 g/mol. The maximum absolute atomic E-state index is 13.4. The molecule has 0 unspecified atom stereocenters. The molecule has 1 aliphatic heterocycles. The highest BCUT2D eigenvalue weighted by Crippen LogP contribution is 2.17. The summed E-state index contributed by atoms with van der Waals surface area (Å²) in [5.74, 6) is 0.726. The van der Waals surface area contributed by atoms with E-state index in [-0.39, 0.29) is 35.7 Å². The van der Waals surface area contributed by atoms with Crippen LogP contribution in [0.5, 0.6) is 0 Å². The first kappa shape index (κ1) is 23.1. The topological polar surface area (TPSA) is 47.9 Å². The summed E-state index contributed by atoms with van der Waals surface area (Å²) in [7, 11) is 3.66. The highest BCUT2D eigenvalue weighted by Gasteiger charge is 2.21. The summed E-state index contributed by atoms with van der Waals surface area (Å²) >= 11 is 0. The van der Waals surface area contributed by atoms with Crippen molar-refractivity contribution in [3.8, 4) is 0 Å². The second kappa shape index (κ2) is 11.1. The Hall–Kier alpha value is -2.16. The van der Waals surface area contributed by atoms with Gasteiger partial charge in [-0.05, 0) is 35.2 Å². The van der Waals surface area contributed by atoms with Gasteiger partial charge in [0.1, 0.15) is 5.82 Å². The molecule has 0 aliphatic carbocycles. The quantitative estimate of drug-likeness (QED) is 0.366. The molecule has 7 heteroatoms. The van der Waals surface area contributed by atoms with Crippen LogP contribution in [0.4, 0.5) is 4.39 Å². The third-order valence-corrected chi connectivity index (χ3v) is 4.97. The van der Waals surface area contributed by atoms with E-state index in [0.717, 1.165) is 35.6 Å². The van der Waals surface area contributed by atoms with Crippen LogP contribution in [-0.4, -0.2) is 42.3 Å². The van der Waals surface area contributed by atoms with E-state index >= 15 is 0 Å². The van der Waals surface area contributed by atoms with Gasteiger partial charge in [-0.2, -0.15) is 0 Å². The second-order valence-electron chi connectivity index (χ2n) is 7.07. The molecule has 1 fully saturated rings. The van der Waals surface area contributed by atoms with Gasteiger partial charge in [0.25, 0.3) is 0 Å². The summed E-state index contributed by atoms with van der Waals surface area (Å²) in [6.07, 6.45) is 1.59. The van der Waals surface area contributed by atoms with Gasteiger partial charge in [-0.1, -0.05) is 36.4 Å². The van der Waals surface area contributed by atoms with Crippen molar-refractivity contribution in [2.75, 3.05) is 20.6 Å². The van der Waals surface area contributed by atoms with E-state index in [1.807, 2.05) is 35.0 Å². The minimum atomic E-state index is -0.237. The molecule has 5 nitrogen and oxygen atoms in total. The van der Waals surface area contributed by atoms with Gasteiger partial charge in [0, 0.05) is 46.7 Å². The Morgan fingerprint density at radius 3 is 2.62 bits per heavy atom. The molecule has 2 aromatic rings. The molecular weight excluding hydrogens is 482 g/mol. The summed E-state index contributed by atoms with van der Waals surface area (Å²) < 4.78 is 13.4. The Labute approximate surface area is 189 Å². The van der Waals surface area contributed by atoms with Crippen LogP contribution in [-0.2, 0) is 24.4 Å². The van der Waals surface area contributed by atoms with Gasteiger partial charge >= 0.3 is 0 Å². The Morgan fingerprint density at radius 1 is 1.21 bits per heavy atom. The number of carbonyl (C=O) groups excluding carboxylic acids is 1. The van der Waals surface area contributed by atoms with Gasteiger partial charge in [-0.15, -0.1) is 24.0 Å². The number of nitrogens with zero attached hydrogens (tertiary/aromatic N) is 3. The van der Waals surface area contributed by atoms with Crippen molar-refractivity contribution < 1.29 is 9.18 Å². The zero-order chi connectivity index (χ0) is 19.9. The van der Waals surface area contributed by atoms with Crippen LogP contribution in [0.15, 0.2) is 53.5 Å². The lowest BCUT2D eigenvalue weighted by Gasteiger charge is -2.23. The lowest BCUT2D eigenvalue weighted by molar-refractivity contribution is -0.128. The molecule has 29 heavy (non-hydrogen) atoms. The normalized spacial score (nSPS) is 14.0. The van der Waals surface area contributed by atoms with E-state index < -0.39 is 0 Å². The van der Waals surface area contributed by atoms with Crippen LogP contribution >= 0.6 is 24.0 Å². The van der Waals surface area contributed by atoms with Gasteiger partial charge in [0.15, 0.2) is 5.96 Å². The third-order valence-electron chi connectivity index (χ3n) is 4.97. The molecule has 0 radical (unpaired) electrons. The molecule has 1 heterocycles. The predicted molar refractivity (Wildman–Crippen MR) is 125 cm³/mol. The Bertz CT molecular complexity index is 858. The van der Waals surface area contributed by atoms with Gasteiger partial charge in [-0.25, -0.2) is 4.39 Å². The van der Waals surface area contributed by atoms with E-state index in [0.29, 0.717) is 26.1 Å². The molecule has 1 saturated heterocycles. The molecule has 0 saturated carbocycles. The largest absolute Gasteiger partial charge is 0.352 e. The first-order chi connectivity index (χ1) is 13.6. The molecule has 1 amide bonds. The minimum absolute atomic E-state index is 0. The maximum atomic E-state index is 13.4. The van der Waals surface area contributed by atoms with Crippen LogP contribution in [0, 0.1) is 5.82 Å². The molecule has 1 N–H and O–H groups in total. The van der Waals surface area contributed by atoms with Gasteiger partial charge in [0.05, 0.1) is 0 Å². The number of benzene rings is 2. The summed E-state index contributed by atoms with van der Waals surface area (Å²) in [6.45, 7) is 2.65. The molecule has 0 atom stereocenters. The number of hydrogen-bond donors (Lipinski definition) is 1. The molecule has 3 rings (SSSR count). The van der Waals surface area contributed by atoms with Crippen molar-refractivity contribution >= 4 is 35.8 Å². The van der Waals surface area contributed by atoms with Gasteiger partial charge in [-0.3, -0.25) is 9.79 Å². The average Bonchev–Trinajstić information content (AvgIpc) is 3.08. The second-order valence-corrected chi connectivity index (χ2v) is 7.07. The summed E-state index contributed by atoms with van der Waals surface area (Å²) in [5.41, 5.74) is 3.18. The number of nitrogens with one attached hydrogen (secondary N) is 1. The van der Waals surface area contributed by atoms with E-state index in [1.165, 1.54) is 12.1 Å². The first-order valence-corrected chi connectivity index (χ1v) is 9.57. The third kappa shape index (κ3) is 6.42. The van der Waals surface area contributed by atoms with Crippen LogP contribution in [0.2, 0.25) is 0 Å². The van der Waals surface area contributed by atoms with Crippen molar-refractivity contribution in [1.29, 1.82) is 0 Å². The standard InChI is InChI=1S/C22H27FN4O.HI/c1-24-22(26(2)15-17-7-5-10-20(23)13-17)25-14-18-8-3-4-9-19(18)16-27-12-6-11-21(27)28;/h3-5,7-10,13H,6,11-12,14-16H2,1-2H3,(H,24,25);1H. The molecule has 0 spiro atoms. The van der Waals surface area contributed by atoms with Crippen LogP contribution in [0.25, 0.3) is 0 Å². The van der Waals surface area contributed by atoms with Crippen LogP contribution in [0.3, 0.4) is 0 Å². The number of likely N-dealkylation sites (tertiary alicyclic amines) is 1. The zero-order valence-corrected chi connectivity index (χ0v) is 19.2. The number of amides is 1. The lowest BCUT2D eigenvalue weighted by Crippen LogP contribution is -2.38. The van der Waals surface area contributed by atoms with Gasteiger partial charge in [0.2, 0.25) is 5.91 Å². The van der Waals surface area contributed by atoms with E-state index in [9.17, 15) is 9.18 Å². The fraction of sp³-hybridized carbons (Fsp3) is 0.364. The fourth-order valence-electron chi connectivity index (χ4n) is 3.50. The minimum Gasteiger partial charge on any atom is -0.352 e. The smallest absolute Gasteiger partial charge is 0.222 e. The Morgan fingerprint density at radius 2 is 1.97 bits per heavy atom.